The number of hydrogen-bond donors (Lipinski definition) is 2. The van der Waals surface area contributed by atoms with Gasteiger partial charge in [-0.2, -0.15) is 0 Å². The van der Waals surface area contributed by atoms with Gasteiger partial charge in [-0.25, -0.2) is 0 Å². The Balaban J connectivity index is 1.67. The molecule has 4 rings (SSSR count). The van der Waals surface area contributed by atoms with Gasteiger partial charge in [-0.05, 0) is 53.8 Å². The Labute approximate surface area is 165 Å². The van der Waals surface area contributed by atoms with E-state index in [-0.39, 0.29) is 5.88 Å². The van der Waals surface area contributed by atoms with E-state index in [1.54, 1.807) is 12.4 Å². The van der Waals surface area contributed by atoms with Crippen molar-refractivity contribution in [3.63, 3.8) is 0 Å². The largest absolute Gasteiger partial charge is 0.494 e. The first kappa shape index (κ1) is 18.1. The Morgan fingerprint density at radius 1 is 1.04 bits per heavy atom. The van der Waals surface area contributed by atoms with Gasteiger partial charge in [0, 0.05) is 41.9 Å². The lowest BCUT2D eigenvalue weighted by Crippen LogP contribution is -1.99. The highest BCUT2D eigenvalue weighted by Gasteiger charge is 2.14. The van der Waals surface area contributed by atoms with Crippen molar-refractivity contribution in [1.29, 1.82) is 0 Å². The summed E-state index contributed by atoms with van der Waals surface area (Å²) in [4.78, 5) is 4.05. The van der Waals surface area contributed by atoms with Crippen LogP contribution in [-0.2, 0) is 6.54 Å². The maximum Gasteiger partial charge on any atom is 0.205 e. The summed E-state index contributed by atoms with van der Waals surface area (Å²) in [7, 11) is 0. The van der Waals surface area contributed by atoms with Crippen molar-refractivity contribution >= 4 is 16.5 Å². The van der Waals surface area contributed by atoms with Crippen molar-refractivity contribution in [2.75, 3.05) is 5.32 Å². The fraction of sp³-hybridized carbons (Fsp3) is 0.208. The zero-order valence-electron chi connectivity index (χ0n) is 16.3. The van der Waals surface area contributed by atoms with E-state index in [4.69, 9.17) is 0 Å². The third-order valence-corrected chi connectivity index (χ3v) is 5.40. The van der Waals surface area contributed by atoms with Crippen LogP contribution < -0.4 is 5.32 Å². The molecule has 4 aromatic rings. The monoisotopic (exact) mass is 371 g/mol. The highest BCUT2D eigenvalue weighted by molar-refractivity contribution is 5.99. The second-order valence-corrected chi connectivity index (χ2v) is 7.20. The van der Waals surface area contributed by atoms with E-state index in [1.165, 1.54) is 5.56 Å². The normalized spacial score (nSPS) is 12.2. The van der Waals surface area contributed by atoms with Gasteiger partial charge in [-0.1, -0.05) is 38.1 Å². The quantitative estimate of drug-likeness (QED) is 0.446. The summed E-state index contributed by atoms with van der Waals surface area (Å²) in [6.07, 6.45) is 6.67. The second kappa shape index (κ2) is 7.77. The first-order valence-electron chi connectivity index (χ1n) is 9.73. The minimum Gasteiger partial charge on any atom is -0.494 e. The summed E-state index contributed by atoms with van der Waals surface area (Å²) < 4.78 is 1.85. The number of benzene rings is 2. The molecule has 0 aliphatic carbocycles. The molecule has 0 amide bonds. The van der Waals surface area contributed by atoms with Crippen molar-refractivity contribution in [2.45, 2.75) is 32.7 Å². The molecule has 2 heterocycles. The summed E-state index contributed by atoms with van der Waals surface area (Å²) in [5, 5.41) is 16.2. The van der Waals surface area contributed by atoms with Crippen LogP contribution in [0.4, 0.5) is 5.69 Å². The lowest BCUT2D eigenvalue weighted by atomic mass is 9.99. The molecule has 2 N–H and O–H groups in total. The molecule has 4 nitrogen and oxygen atoms in total. The number of anilines is 1. The predicted octanol–water partition coefficient (Wildman–Crippen LogP) is 5.86. The van der Waals surface area contributed by atoms with Crippen molar-refractivity contribution in [3.05, 3.63) is 84.3 Å². The molecule has 0 spiro atoms. The molecule has 0 saturated heterocycles. The van der Waals surface area contributed by atoms with Crippen LogP contribution in [0, 0.1) is 0 Å². The highest BCUT2D eigenvalue weighted by atomic mass is 16.3. The van der Waals surface area contributed by atoms with Crippen LogP contribution in [0.5, 0.6) is 5.88 Å². The van der Waals surface area contributed by atoms with E-state index >= 15 is 0 Å². The van der Waals surface area contributed by atoms with Gasteiger partial charge in [0.2, 0.25) is 5.88 Å². The smallest absolute Gasteiger partial charge is 0.205 e. The van der Waals surface area contributed by atoms with Crippen LogP contribution in [-0.4, -0.2) is 14.7 Å². The maximum absolute atomic E-state index is 11.0. The average Bonchev–Trinajstić information content (AvgIpc) is 3.09. The molecule has 0 saturated carbocycles. The third kappa shape index (κ3) is 3.46. The highest BCUT2D eigenvalue weighted by Crippen LogP contribution is 2.36. The molecule has 2 aromatic heterocycles. The van der Waals surface area contributed by atoms with Gasteiger partial charge in [0.05, 0.1) is 5.39 Å². The minimum atomic E-state index is 0.254. The summed E-state index contributed by atoms with van der Waals surface area (Å²) in [5.74, 6) is 0.791. The Morgan fingerprint density at radius 2 is 1.79 bits per heavy atom. The number of nitrogens with zero attached hydrogens (tertiary/aromatic N) is 2. The molecular weight excluding hydrogens is 346 g/mol. The van der Waals surface area contributed by atoms with E-state index in [0.717, 1.165) is 34.1 Å². The average molecular weight is 371 g/mol. The van der Waals surface area contributed by atoms with Crippen molar-refractivity contribution in [1.82, 2.24) is 9.55 Å². The Hall–Kier alpha value is -3.27. The van der Waals surface area contributed by atoms with Gasteiger partial charge in [-0.15, -0.1) is 0 Å². The minimum absolute atomic E-state index is 0.254. The van der Waals surface area contributed by atoms with Gasteiger partial charge < -0.3 is 10.4 Å². The molecule has 0 aliphatic rings. The molecule has 142 valence electrons. The lowest BCUT2D eigenvalue weighted by Gasteiger charge is -2.11. The lowest BCUT2D eigenvalue weighted by molar-refractivity contribution is 0.448. The van der Waals surface area contributed by atoms with E-state index in [2.05, 4.69) is 48.4 Å². The molecule has 28 heavy (non-hydrogen) atoms. The Morgan fingerprint density at radius 3 is 2.50 bits per heavy atom. The SMILES string of the molecule is CCC(C)c1ccc(-n2cc3cccc(NCc4ccncc4)c3c2O)cc1. The van der Waals surface area contributed by atoms with Gasteiger partial charge in [0.25, 0.3) is 0 Å². The number of pyridine rings is 1. The molecular formula is C24H25N3O. The summed E-state index contributed by atoms with van der Waals surface area (Å²) in [5.41, 5.74) is 4.34. The van der Waals surface area contributed by atoms with Gasteiger partial charge >= 0.3 is 0 Å². The van der Waals surface area contributed by atoms with Crippen LogP contribution in [0.1, 0.15) is 37.3 Å². The van der Waals surface area contributed by atoms with Crippen LogP contribution in [0.25, 0.3) is 16.5 Å². The second-order valence-electron chi connectivity index (χ2n) is 7.20. The zero-order chi connectivity index (χ0) is 19.5. The maximum atomic E-state index is 11.0. The van der Waals surface area contributed by atoms with Crippen molar-refractivity contribution in [2.24, 2.45) is 0 Å². The third-order valence-electron chi connectivity index (χ3n) is 5.40. The van der Waals surface area contributed by atoms with E-state index < -0.39 is 0 Å². The first-order valence-corrected chi connectivity index (χ1v) is 9.73. The molecule has 1 unspecified atom stereocenters. The summed E-state index contributed by atoms with van der Waals surface area (Å²) in [6.45, 7) is 5.11. The summed E-state index contributed by atoms with van der Waals surface area (Å²) >= 11 is 0. The molecule has 0 fully saturated rings. The predicted molar refractivity (Wildman–Crippen MR) is 115 cm³/mol. The summed E-state index contributed by atoms with van der Waals surface area (Å²) in [6, 6.07) is 18.4. The number of rotatable bonds is 6. The van der Waals surface area contributed by atoms with E-state index in [1.807, 2.05) is 41.1 Å². The zero-order valence-corrected chi connectivity index (χ0v) is 16.3. The van der Waals surface area contributed by atoms with Crippen LogP contribution in [0.15, 0.2) is 73.2 Å². The number of nitrogens with one attached hydrogen (secondary N) is 1. The Kier molecular flexibility index (Phi) is 5.02. The number of aromatic hydroxyl groups is 1. The number of fused-ring (bicyclic) bond motifs is 1. The van der Waals surface area contributed by atoms with E-state index in [0.29, 0.717) is 12.5 Å². The molecule has 0 radical (unpaired) electrons. The number of hydrogen-bond acceptors (Lipinski definition) is 3. The van der Waals surface area contributed by atoms with Crippen molar-refractivity contribution in [3.8, 4) is 11.6 Å². The van der Waals surface area contributed by atoms with E-state index in [9.17, 15) is 5.11 Å². The fourth-order valence-electron chi connectivity index (χ4n) is 3.49. The van der Waals surface area contributed by atoms with Gasteiger partial charge in [0.1, 0.15) is 0 Å². The first-order chi connectivity index (χ1) is 13.7. The molecule has 4 heteroatoms. The molecule has 1 atom stereocenters. The van der Waals surface area contributed by atoms with Crippen LogP contribution in [0.2, 0.25) is 0 Å². The number of aromatic nitrogens is 2. The van der Waals surface area contributed by atoms with Crippen molar-refractivity contribution < 1.29 is 5.11 Å². The molecule has 0 aliphatic heterocycles. The molecule has 2 aromatic carbocycles. The molecule has 0 bridgehead atoms. The topological polar surface area (TPSA) is 50.1 Å². The van der Waals surface area contributed by atoms with Crippen LogP contribution >= 0.6 is 0 Å². The van der Waals surface area contributed by atoms with Crippen LogP contribution in [0.3, 0.4) is 0 Å². The fourth-order valence-corrected chi connectivity index (χ4v) is 3.49. The standard InChI is InChI=1S/C24H25N3O/c1-3-17(2)19-7-9-21(10-8-19)27-16-20-5-4-6-22(23(20)24(27)28)26-15-18-11-13-25-14-12-18/h4-14,16-17,26,28H,3,15H2,1-2H3. The Bertz CT molecular complexity index is 1070. The van der Waals surface area contributed by atoms with Gasteiger partial charge in [0.15, 0.2) is 0 Å². The van der Waals surface area contributed by atoms with Gasteiger partial charge in [-0.3, -0.25) is 9.55 Å².